The van der Waals surface area contributed by atoms with Crippen LogP contribution in [0.4, 0.5) is 0 Å². The monoisotopic (exact) mass is 385 g/mol. The van der Waals surface area contributed by atoms with Crippen LogP contribution in [0.25, 0.3) is 22.3 Å². The van der Waals surface area contributed by atoms with Gasteiger partial charge in [-0.1, -0.05) is 42.5 Å². The van der Waals surface area contributed by atoms with Gasteiger partial charge >= 0.3 is 0 Å². The van der Waals surface area contributed by atoms with Gasteiger partial charge in [0.25, 0.3) is 5.56 Å². The minimum absolute atomic E-state index is 0.0542. The molecule has 1 aromatic heterocycles. The minimum Gasteiger partial charge on any atom is -0.504 e. The molecule has 0 saturated heterocycles. The standard InChI is InChI=1S/C23H19N3O3/c1-2-29-21-14-16(12-13-20(21)27)15-24-26-22(17-8-4-3-5-9-17)25-19-11-7-6-10-18(19)23(26)28/h3-15,27H,2H2,1H3. The summed E-state index contributed by atoms with van der Waals surface area (Å²) in [7, 11) is 0. The third-order valence-corrected chi connectivity index (χ3v) is 4.39. The third kappa shape index (κ3) is 3.73. The van der Waals surface area contributed by atoms with Crippen molar-refractivity contribution < 1.29 is 9.84 Å². The molecule has 0 amide bonds. The molecule has 0 atom stereocenters. The van der Waals surface area contributed by atoms with Crippen LogP contribution in [-0.2, 0) is 0 Å². The largest absolute Gasteiger partial charge is 0.504 e. The van der Waals surface area contributed by atoms with E-state index in [-0.39, 0.29) is 11.3 Å². The second-order valence-corrected chi connectivity index (χ2v) is 6.34. The molecule has 0 spiro atoms. The van der Waals surface area contributed by atoms with Crippen molar-refractivity contribution in [3.8, 4) is 22.9 Å². The number of hydrogen-bond donors (Lipinski definition) is 1. The Morgan fingerprint density at radius 2 is 1.83 bits per heavy atom. The van der Waals surface area contributed by atoms with Gasteiger partial charge in [-0.15, -0.1) is 0 Å². The van der Waals surface area contributed by atoms with Crippen molar-refractivity contribution in [1.82, 2.24) is 9.66 Å². The number of phenolic OH excluding ortho intramolecular Hbond substituents is 1. The molecule has 0 aliphatic carbocycles. The lowest BCUT2D eigenvalue weighted by atomic mass is 10.2. The summed E-state index contributed by atoms with van der Waals surface area (Å²) in [6.07, 6.45) is 1.55. The molecule has 1 heterocycles. The summed E-state index contributed by atoms with van der Waals surface area (Å²) >= 11 is 0. The maximum atomic E-state index is 13.1. The molecular formula is C23H19N3O3. The Balaban J connectivity index is 1.86. The van der Waals surface area contributed by atoms with E-state index in [4.69, 9.17) is 4.74 Å². The Hall–Kier alpha value is -3.93. The number of ether oxygens (including phenoxy) is 1. The van der Waals surface area contributed by atoms with Gasteiger partial charge in [-0.25, -0.2) is 4.98 Å². The van der Waals surface area contributed by atoms with E-state index in [0.29, 0.717) is 34.6 Å². The fourth-order valence-corrected chi connectivity index (χ4v) is 3.01. The van der Waals surface area contributed by atoms with Gasteiger partial charge in [0.1, 0.15) is 0 Å². The number of phenols is 1. The van der Waals surface area contributed by atoms with Crippen LogP contribution in [0, 0.1) is 0 Å². The van der Waals surface area contributed by atoms with E-state index >= 15 is 0 Å². The van der Waals surface area contributed by atoms with Crippen LogP contribution < -0.4 is 10.3 Å². The van der Waals surface area contributed by atoms with Crippen molar-refractivity contribution in [2.75, 3.05) is 6.61 Å². The van der Waals surface area contributed by atoms with E-state index in [1.807, 2.05) is 49.4 Å². The predicted molar refractivity (Wildman–Crippen MR) is 114 cm³/mol. The Labute approximate surface area is 167 Å². The summed E-state index contributed by atoms with van der Waals surface area (Å²) in [6, 6.07) is 21.6. The van der Waals surface area contributed by atoms with Crippen LogP contribution in [-0.4, -0.2) is 27.6 Å². The van der Waals surface area contributed by atoms with E-state index in [2.05, 4.69) is 10.1 Å². The van der Waals surface area contributed by atoms with Crippen LogP contribution in [0.2, 0.25) is 0 Å². The fraction of sp³-hybridized carbons (Fsp3) is 0.0870. The Morgan fingerprint density at radius 3 is 2.62 bits per heavy atom. The van der Waals surface area contributed by atoms with Crippen molar-refractivity contribution >= 4 is 17.1 Å². The average molecular weight is 385 g/mol. The van der Waals surface area contributed by atoms with Crippen LogP contribution in [0.3, 0.4) is 0 Å². The van der Waals surface area contributed by atoms with Crippen molar-refractivity contribution in [2.24, 2.45) is 5.10 Å². The van der Waals surface area contributed by atoms with Gasteiger partial charge in [0.2, 0.25) is 0 Å². The molecule has 3 aromatic carbocycles. The summed E-state index contributed by atoms with van der Waals surface area (Å²) in [5, 5.41) is 14.8. The van der Waals surface area contributed by atoms with Crippen molar-refractivity contribution in [2.45, 2.75) is 6.92 Å². The van der Waals surface area contributed by atoms with Crippen LogP contribution >= 0.6 is 0 Å². The zero-order chi connectivity index (χ0) is 20.2. The molecular weight excluding hydrogens is 366 g/mol. The van der Waals surface area contributed by atoms with Gasteiger partial charge < -0.3 is 9.84 Å². The van der Waals surface area contributed by atoms with Crippen molar-refractivity contribution in [3.63, 3.8) is 0 Å². The van der Waals surface area contributed by atoms with Gasteiger partial charge in [-0.05, 0) is 42.8 Å². The second-order valence-electron chi connectivity index (χ2n) is 6.34. The summed E-state index contributed by atoms with van der Waals surface area (Å²) in [5.74, 6) is 0.872. The summed E-state index contributed by atoms with van der Waals surface area (Å²) in [4.78, 5) is 17.8. The van der Waals surface area contributed by atoms with E-state index in [0.717, 1.165) is 5.56 Å². The molecule has 29 heavy (non-hydrogen) atoms. The third-order valence-electron chi connectivity index (χ3n) is 4.39. The molecule has 0 saturated carbocycles. The molecule has 0 unspecified atom stereocenters. The van der Waals surface area contributed by atoms with Gasteiger partial charge in [0, 0.05) is 5.56 Å². The Bertz CT molecular complexity index is 1250. The fourth-order valence-electron chi connectivity index (χ4n) is 3.01. The first kappa shape index (κ1) is 18.4. The predicted octanol–water partition coefficient (Wildman–Crippen LogP) is 4.05. The van der Waals surface area contributed by atoms with Crippen LogP contribution in [0.5, 0.6) is 11.5 Å². The molecule has 0 aliphatic rings. The number of rotatable bonds is 5. The molecule has 0 bridgehead atoms. The molecule has 4 rings (SSSR count). The lowest BCUT2D eigenvalue weighted by molar-refractivity contribution is 0.318. The number of aromatic hydroxyl groups is 1. The number of aromatic nitrogens is 2. The highest BCUT2D eigenvalue weighted by Crippen LogP contribution is 2.26. The highest BCUT2D eigenvalue weighted by Gasteiger charge is 2.12. The molecule has 0 radical (unpaired) electrons. The minimum atomic E-state index is -0.255. The first-order chi connectivity index (χ1) is 14.2. The lowest BCUT2D eigenvalue weighted by Crippen LogP contribution is -2.20. The topological polar surface area (TPSA) is 76.7 Å². The van der Waals surface area contributed by atoms with E-state index in [9.17, 15) is 9.90 Å². The molecule has 144 valence electrons. The highest BCUT2D eigenvalue weighted by atomic mass is 16.5. The Morgan fingerprint density at radius 1 is 1.07 bits per heavy atom. The number of para-hydroxylation sites is 1. The van der Waals surface area contributed by atoms with Gasteiger partial charge in [0.05, 0.1) is 23.7 Å². The molecule has 0 fully saturated rings. The molecule has 1 N–H and O–H groups in total. The lowest BCUT2D eigenvalue weighted by Gasteiger charge is -2.09. The average Bonchev–Trinajstić information content (AvgIpc) is 2.76. The van der Waals surface area contributed by atoms with Gasteiger partial charge in [-0.2, -0.15) is 9.78 Å². The maximum absolute atomic E-state index is 13.1. The normalized spacial score (nSPS) is 11.2. The summed E-state index contributed by atoms with van der Waals surface area (Å²) in [5.41, 5.74) is 1.83. The second kappa shape index (κ2) is 7.98. The van der Waals surface area contributed by atoms with E-state index in [1.165, 1.54) is 10.7 Å². The number of hydrogen-bond acceptors (Lipinski definition) is 5. The summed E-state index contributed by atoms with van der Waals surface area (Å²) in [6.45, 7) is 2.27. The van der Waals surface area contributed by atoms with Crippen molar-refractivity contribution in [3.05, 3.63) is 88.7 Å². The molecule has 0 aliphatic heterocycles. The SMILES string of the molecule is CCOc1cc(C=Nn2c(-c3ccccc3)nc3ccccc3c2=O)ccc1O. The summed E-state index contributed by atoms with van der Waals surface area (Å²) < 4.78 is 6.71. The van der Waals surface area contributed by atoms with Crippen LogP contribution in [0.1, 0.15) is 12.5 Å². The quantitative estimate of drug-likeness (QED) is 0.526. The number of benzene rings is 3. The van der Waals surface area contributed by atoms with E-state index in [1.54, 1.807) is 30.5 Å². The highest BCUT2D eigenvalue weighted by molar-refractivity contribution is 5.82. The maximum Gasteiger partial charge on any atom is 0.282 e. The molecule has 4 aromatic rings. The number of nitrogens with zero attached hydrogens (tertiary/aromatic N) is 3. The van der Waals surface area contributed by atoms with Gasteiger partial charge in [0.15, 0.2) is 17.3 Å². The van der Waals surface area contributed by atoms with Gasteiger partial charge in [-0.3, -0.25) is 4.79 Å². The first-order valence-electron chi connectivity index (χ1n) is 9.25. The van der Waals surface area contributed by atoms with Crippen LogP contribution in [0.15, 0.2) is 82.7 Å². The first-order valence-corrected chi connectivity index (χ1v) is 9.25. The zero-order valence-corrected chi connectivity index (χ0v) is 15.8. The smallest absolute Gasteiger partial charge is 0.282 e. The molecule has 6 heteroatoms. The van der Waals surface area contributed by atoms with Crippen molar-refractivity contribution in [1.29, 1.82) is 0 Å². The number of fused-ring (bicyclic) bond motifs is 1. The Kier molecular flexibility index (Phi) is 5.07. The molecule has 6 nitrogen and oxygen atoms in total. The van der Waals surface area contributed by atoms with E-state index < -0.39 is 0 Å². The zero-order valence-electron chi connectivity index (χ0n) is 15.8.